The molecule has 0 aliphatic carbocycles. The molecule has 0 N–H and O–H groups in total. The van der Waals surface area contributed by atoms with Crippen molar-refractivity contribution >= 4 is 106 Å². The highest BCUT2D eigenvalue weighted by molar-refractivity contribution is 7.26. The summed E-state index contributed by atoms with van der Waals surface area (Å²) in [5.41, 5.74) is 6.22. The van der Waals surface area contributed by atoms with Crippen molar-refractivity contribution in [1.29, 1.82) is 0 Å². The van der Waals surface area contributed by atoms with Gasteiger partial charge in [0.1, 0.15) is 0 Å². The van der Waals surface area contributed by atoms with E-state index in [9.17, 15) is 0 Å². The molecule has 6 heteroatoms. The zero-order chi connectivity index (χ0) is 38.6. The van der Waals surface area contributed by atoms with Gasteiger partial charge in [-0.25, -0.2) is 15.0 Å². The van der Waals surface area contributed by atoms with Crippen molar-refractivity contribution in [3.05, 3.63) is 182 Å². The summed E-state index contributed by atoms with van der Waals surface area (Å²) in [4.78, 5) is 16.0. The largest absolute Gasteiger partial charge is 0.307 e. The summed E-state index contributed by atoms with van der Waals surface area (Å²) in [6.45, 7) is 0. The van der Waals surface area contributed by atoms with Crippen molar-refractivity contribution in [2.75, 3.05) is 0 Å². The van der Waals surface area contributed by atoms with Gasteiger partial charge in [0.05, 0.1) is 21.4 Å². The summed E-state index contributed by atoms with van der Waals surface area (Å²) >= 11 is 3.65. The summed E-state index contributed by atoms with van der Waals surface area (Å²) in [5, 5.41) is 12.2. The Morgan fingerprint density at radius 1 is 0.339 bits per heavy atom. The Morgan fingerprint density at radius 3 is 1.54 bits per heavy atom. The molecule has 59 heavy (non-hydrogen) atoms. The maximum Gasteiger partial charge on any atom is 0.166 e. The van der Waals surface area contributed by atoms with Crippen LogP contribution in [0.1, 0.15) is 0 Å². The van der Waals surface area contributed by atoms with Crippen LogP contribution in [-0.2, 0) is 0 Å². The summed E-state index contributed by atoms with van der Waals surface area (Å²) in [7, 11) is 0. The number of aromatic nitrogens is 4. The number of hydrogen-bond acceptors (Lipinski definition) is 5. The van der Waals surface area contributed by atoms with Crippen molar-refractivity contribution in [3.8, 4) is 39.9 Å². The molecule has 0 amide bonds. The van der Waals surface area contributed by atoms with Crippen LogP contribution in [0, 0.1) is 0 Å². The fraction of sp³-hybridized carbons (Fsp3) is 0. The van der Waals surface area contributed by atoms with Crippen LogP contribution in [-0.4, -0.2) is 19.5 Å². The van der Waals surface area contributed by atoms with E-state index in [4.69, 9.17) is 15.0 Å². The third kappa shape index (κ3) is 5.04. The van der Waals surface area contributed by atoms with E-state index >= 15 is 0 Å². The molecule has 0 unspecified atom stereocenters. The first-order valence-corrected chi connectivity index (χ1v) is 21.4. The van der Waals surface area contributed by atoms with E-state index in [1.165, 1.54) is 72.7 Å². The molecule has 4 nitrogen and oxygen atoms in total. The smallest absolute Gasteiger partial charge is 0.166 e. The molecule has 0 spiro atoms. The van der Waals surface area contributed by atoms with Crippen LogP contribution in [0.15, 0.2) is 182 Å². The van der Waals surface area contributed by atoms with Gasteiger partial charge in [0.25, 0.3) is 0 Å². The Bertz CT molecular complexity index is 3760. The van der Waals surface area contributed by atoms with Gasteiger partial charge in [0, 0.05) is 63.1 Å². The Labute approximate surface area is 345 Å². The molecular formula is C53H30N4S2. The van der Waals surface area contributed by atoms with E-state index in [2.05, 4.69) is 168 Å². The average molecular weight is 787 g/mol. The summed E-state index contributed by atoms with van der Waals surface area (Å²) in [6, 6.07) is 65.6. The first-order valence-electron chi connectivity index (χ1n) is 19.8. The first-order chi connectivity index (χ1) is 29.2. The fourth-order valence-corrected chi connectivity index (χ4v) is 11.3. The third-order valence-corrected chi connectivity index (χ3v) is 14.1. The van der Waals surface area contributed by atoms with Gasteiger partial charge >= 0.3 is 0 Å². The lowest BCUT2D eigenvalue weighted by molar-refractivity contribution is 1.07. The highest BCUT2D eigenvalue weighted by Crippen LogP contribution is 2.46. The highest BCUT2D eigenvalue weighted by Gasteiger charge is 2.24. The minimum atomic E-state index is 0.634. The van der Waals surface area contributed by atoms with Gasteiger partial charge in [0.15, 0.2) is 17.5 Å². The van der Waals surface area contributed by atoms with E-state index in [1.807, 2.05) is 40.9 Å². The van der Waals surface area contributed by atoms with Gasteiger partial charge < -0.3 is 4.57 Å². The van der Waals surface area contributed by atoms with Crippen LogP contribution in [0.5, 0.6) is 0 Å². The van der Waals surface area contributed by atoms with Gasteiger partial charge in [-0.1, -0.05) is 121 Å². The number of thiophene rings is 2. The Balaban J connectivity index is 1.17. The van der Waals surface area contributed by atoms with Crippen molar-refractivity contribution < 1.29 is 0 Å². The Hall–Kier alpha value is -7.25. The maximum atomic E-state index is 5.43. The van der Waals surface area contributed by atoms with Crippen LogP contribution >= 0.6 is 22.7 Å². The van der Waals surface area contributed by atoms with Crippen LogP contribution in [0.25, 0.3) is 124 Å². The van der Waals surface area contributed by atoms with Crippen LogP contribution in [0.2, 0.25) is 0 Å². The minimum Gasteiger partial charge on any atom is -0.307 e. The normalized spacial score (nSPS) is 12.1. The number of benzene rings is 9. The van der Waals surface area contributed by atoms with E-state index in [0.29, 0.717) is 17.5 Å². The monoisotopic (exact) mass is 786 g/mol. The highest BCUT2D eigenvalue weighted by atomic mass is 32.1. The predicted octanol–water partition coefficient (Wildman–Crippen LogP) is 15.0. The van der Waals surface area contributed by atoms with Gasteiger partial charge in [-0.2, -0.15) is 0 Å². The molecule has 0 radical (unpaired) electrons. The zero-order valence-corrected chi connectivity index (χ0v) is 33.1. The predicted molar refractivity (Wildman–Crippen MR) is 251 cm³/mol. The number of nitrogens with zero attached hydrogens (tertiary/aromatic N) is 4. The van der Waals surface area contributed by atoms with E-state index in [0.717, 1.165) is 33.4 Å². The molecule has 0 bridgehead atoms. The molecule has 13 aromatic rings. The number of fused-ring (bicyclic) bond motifs is 11. The van der Waals surface area contributed by atoms with Gasteiger partial charge in [-0.3, -0.25) is 0 Å². The standard InChI is InChI=1S/C53H30N4S2/c1-2-12-31(13-3-1)51-54-52(36-22-25-48-43(28-36)38-19-9-10-20-46(38)58-48)56-53(55-51)40-24-23-39-37-18-8-11-21-47(37)59-50(39)49(40)57-44-29-34-16-6-4-14-32(34)26-41(44)42-27-33-15-5-7-17-35(33)30-45(42)57/h1-30H. The Kier molecular flexibility index (Phi) is 7.02. The molecule has 274 valence electrons. The first kappa shape index (κ1) is 32.8. The van der Waals surface area contributed by atoms with Gasteiger partial charge in [-0.05, 0) is 82.2 Å². The molecule has 0 saturated carbocycles. The van der Waals surface area contributed by atoms with Crippen molar-refractivity contribution in [2.24, 2.45) is 0 Å². The quantitative estimate of drug-likeness (QED) is 0.178. The third-order valence-electron chi connectivity index (χ3n) is 11.8. The van der Waals surface area contributed by atoms with Crippen LogP contribution in [0.3, 0.4) is 0 Å². The molecule has 4 heterocycles. The minimum absolute atomic E-state index is 0.634. The number of rotatable bonds is 4. The zero-order valence-electron chi connectivity index (χ0n) is 31.4. The molecule has 9 aromatic carbocycles. The van der Waals surface area contributed by atoms with Gasteiger partial charge in [-0.15, -0.1) is 22.7 Å². The molecule has 0 saturated heterocycles. The second kappa shape index (κ2) is 12.6. The van der Waals surface area contributed by atoms with Crippen LogP contribution in [0.4, 0.5) is 0 Å². The van der Waals surface area contributed by atoms with Crippen molar-refractivity contribution in [3.63, 3.8) is 0 Å². The lowest BCUT2D eigenvalue weighted by Crippen LogP contribution is -2.04. The molecule has 0 aliphatic heterocycles. The lowest BCUT2D eigenvalue weighted by atomic mass is 10.0. The van der Waals surface area contributed by atoms with Crippen molar-refractivity contribution in [1.82, 2.24) is 19.5 Å². The van der Waals surface area contributed by atoms with E-state index in [-0.39, 0.29) is 0 Å². The van der Waals surface area contributed by atoms with Gasteiger partial charge in [0.2, 0.25) is 0 Å². The van der Waals surface area contributed by atoms with Crippen LogP contribution < -0.4 is 0 Å². The summed E-state index contributed by atoms with van der Waals surface area (Å²) in [5.74, 6) is 1.92. The maximum absolute atomic E-state index is 5.43. The summed E-state index contributed by atoms with van der Waals surface area (Å²) < 4.78 is 7.45. The van der Waals surface area contributed by atoms with E-state index in [1.54, 1.807) is 0 Å². The summed E-state index contributed by atoms with van der Waals surface area (Å²) in [6.07, 6.45) is 0. The second-order valence-corrected chi connectivity index (χ2v) is 17.3. The average Bonchev–Trinajstić information content (AvgIpc) is 3.96. The van der Waals surface area contributed by atoms with E-state index < -0.39 is 0 Å². The molecule has 0 aliphatic rings. The fourth-order valence-electron chi connectivity index (χ4n) is 9.01. The Morgan fingerprint density at radius 2 is 0.864 bits per heavy atom. The lowest BCUT2D eigenvalue weighted by Gasteiger charge is -2.16. The molecule has 0 atom stereocenters. The molecule has 0 fully saturated rings. The molecule has 13 rings (SSSR count). The topological polar surface area (TPSA) is 43.6 Å². The SMILES string of the molecule is c1ccc(-c2nc(-c3ccc4sc5ccccc5c4c3)nc(-c3ccc4c(sc5ccccc54)c3-n3c4cc5ccccc5cc4c4cc5ccccc5cc43)n2)cc1. The second-order valence-electron chi connectivity index (χ2n) is 15.2. The number of hydrogen-bond donors (Lipinski definition) is 0. The molecular weight excluding hydrogens is 757 g/mol. The molecule has 4 aromatic heterocycles. The van der Waals surface area contributed by atoms with Crippen molar-refractivity contribution in [2.45, 2.75) is 0 Å².